The minimum absolute atomic E-state index is 0.346. The van der Waals surface area contributed by atoms with Gasteiger partial charge in [-0.05, 0) is 43.7 Å². The summed E-state index contributed by atoms with van der Waals surface area (Å²) in [4.78, 5) is 0. The van der Waals surface area contributed by atoms with Crippen molar-refractivity contribution in [2.75, 3.05) is 19.5 Å². The predicted molar refractivity (Wildman–Crippen MR) is 88.5 cm³/mol. The lowest BCUT2D eigenvalue weighted by atomic mass is 9.93. The molecule has 3 unspecified atom stereocenters. The lowest BCUT2D eigenvalue weighted by molar-refractivity contribution is 0.171. The maximum absolute atomic E-state index is 5.69. The highest BCUT2D eigenvalue weighted by molar-refractivity contribution is 7.99. The molecule has 1 heterocycles. The van der Waals surface area contributed by atoms with E-state index in [1.54, 1.807) is 0 Å². The molecule has 1 N–H and O–H groups in total. The number of benzene rings is 1. The molecule has 3 nitrogen and oxygen atoms in total. The molecule has 2 aliphatic rings. The summed E-state index contributed by atoms with van der Waals surface area (Å²) < 4.78 is 11.3. The second-order valence-electron chi connectivity index (χ2n) is 5.96. The first-order valence-electron chi connectivity index (χ1n) is 7.96. The zero-order chi connectivity index (χ0) is 14.7. The zero-order valence-electron chi connectivity index (χ0n) is 12.9. The highest BCUT2D eigenvalue weighted by Gasteiger charge is 2.26. The summed E-state index contributed by atoms with van der Waals surface area (Å²) in [6, 6.07) is 7.29. The largest absolute Gasteiger partial charge is 0.486 e. The summed E-state index contributed by atoms with van der Waals surface area (Å²) in [5.74, 6) is 1.76. The number of fused-ring (bicyclic) bond motifs is 1. The van der Waals surface area contributed by atoms with Crippen molar-refractivity contribution < 1.29 is 9.47 Å². The molecule has 0 spiro atoms. The first-order valence-corrected chi connectivity index (χ1v) is 9.25. The van der Waals surface area contributed by atoms with Gasteiger partial charge in [-0.1, -0.05) is 18.9 Å². The Balaban J connectivity index is 1.68. The number of ether oxygens (including phenoxy) is 2. The van der Waals surface area contributed by atoms with Gasteiger partial charge in [-0.25, -0.2) is 0 Å². The molecule has 0 saturated heterocycles. The van der Waals surface area contributed by atoms with E-state index < -0.39 is 0 Å². The Morgan fingerprint density at radius 2 is 1.90 bits per heavy atom. The molecule has 1 aliphatic heterocycles. The average molecular weight is 307 g/mol. The molecule has 1 fully saturated rings. The van der Waals surface area contributed by atoms with Crippen molar-refractivity contribution in [3.63, 3.8) is 0 Å². The van der Waals surface area contributed by atoms with Gasteiger partial charge in [-0.15, -0.1) is 0 Å². The molecule has 1 aromatic rings. The zero-order valence-corrected chi connectivity index (χ0v) is 13.7. The second-order valence-corrected chi connectivity index (χ2v) is 7.03. The standard InChI is InChI=1S/C17H25NO2S/c1-12(18-14-5-3-4-6-17(14)21-2)13-7-8-15-16(11-13)20-10-9-19-15/h7-8,11-12,14,17-18H,3-6,9-10H2,1-2H3. The van der Waals surface area contributed by atoms with Gasteiger partial charge < -0.3 is 14.8 Å². The van der Waals surface area contributed by atoms with Crippen LogP contribution in [-0.2, 0) is 0 Å². The van der Waals surface area contributed by atoms with Crippen LogP contribution in [0, 0.1) is 0 Å². The van der Waals surface area contributed by atoms with Crippen LogP contribution < -0.4 is 14.8 Å². The van der Waals surface area contributed by atoms with Crippen LogP contribution in [0.2, 0.25) is 0 Å². The SMILES string of the molecule is CSC1CCCCC1NC(C)c1ccc2c(c1)OCCO2. The molecule has 0 radical (unpaired) electrons. The molecule has 1 saturated carbocycles. The molecular weight excluding hydrogens is 282 g/mol. The van der Waals surface area contributed by atoms with Crippen LogP contribution in [0.15, 0.2) is 18.2 Å². The van der Waals surface area contributed by atoms with Crippen molar-refractivity contribution in [1.82, 2.24) is 5.32 Å². The lowest BCUT2D eigenvalue weighted by Crippen LogP contribution is -2.41. The number of hydrogen-bond donors (Lipinski definition) is 1. The van der Waals surface area contributed by atoms with Gasteiger partial charge in [-0.2, -0.15) is 11.8 Å². The van der Waals surface area contributed by atoms with E-state index >= 15 is 0 Å². The van der Waals surface area contributed by atoms with E-state index in [4.69, 9.17) is 9.47 Å². The third-order valence-corrected chi connectivity index (χ3v) is 5.71. The quantitative estimate of drug-likeness (QED) is 0.917. The van der Waals surface area contributed by atoms with Gasteiger partial charge >= 0.3 is 0 Å². The van der Waals surface area contributed by atoms with Gasteiger partial charge in [0.1, 0.15) is 13.2 Å². The number of nitrogens with one attached hydrogen (secondary N) is 1. The Bertz CT molecular complexity index is 480. The van der Waals surface area contributed by atoms with E-state index in [9.17, 15) is 0 Å². The van der Waals surface area contributed by atoms with Crippen LogP contribution in [0.1, 0.15) is 44.2 Å². The minimum Gasteiger partial charge on any atom is -0.486 e. The van der Waals surface area contributed by atoms with Crippen LogP contribution in [0.25, 0.3) is 0 Å². The maximum atomic E-state index is 5.69. The van der Waals surface area contributed by atoms with Crippen molar-refractivity contribution in [1.29, 1.82) is 0 Å². The molecular formula is C17H25NO2S. The third kappa shape index (κ3) is 3.49. The fourth-order valence-corrected chi connectivity index (χ4v) is 4.26. The first kappa shape index (κ1) is 15.0. The van der Waals surface area contributed by atoms with E-state index in [0.717, 1.165) is 16.7 Å². The molecule has 0 amide bonds. The lowest BCUT2D eigenvalue weighted by Gasteiger charge is -2.33. The summed E-state index contributed by atoms with van der Waals surface area (Å²) in [6.07, 6.45) is 7.59. The molecule has 1 aliphatic carbocycles. The Morgan fingerprint density at radius 3 is 2.71 bits per heavy atom. The summed E-state index contributed by atoms with van der Waals surface area (Å²) in [5, 5.41) is 4.57. The normalized spacial score (nSPS) is 26.4. The molecule has 3 rings (SSSR count). The van der Waals surface area contributed by atoms with Gasteiger partial charge in [0.25, 0.3) is 0 Å². The van der Waals surface area contributed by atoms with Crippen LogP contribution >= 0.6 is 11.8 Å². The molecule has 0 bridgehead atoms. The minimum atomic E-state index is 0.346. The van der Waals surface area contributed by atoms with Gasteiger partial charge in [0, 0.05) is 17.3 Å². The molecule has 1 aromatic carbocycles. The van der Waals surface area contributed by atoms with Gasteiger partial charge in [0.2, 0.25) is 0 Å². The fourth-order valence-electron chi connectivity index (χ4n) is 3.32. The van der Waals surface area contributed by atoms with Crippen LogP contribution in [-0.4, -0.2) is 30.8 Å². The van der Waals surface area contributed by atoms with Crippen molar-refractivity contribution in [3.05, 3.63) is 23.8 Å². The Labute approximate surface area is 131 Å². The summed E-state index contributed by atoms with van der Waals surface area (Å²) in [7, 11) is 0. The summed E-state index contributed by atoms with van der Waals surface area (Å²) in [6.45, 7) is 3.55. The topological polar surface area (TPSA) is 30.5 Å². The molecule has 4 heteroatoms. The smallest absolute Gasteiger partial charge is 0.161 e. The Kier molecular flexibility index (Phi) is 4.96. The number of thioether (sulfide) groups is 1. The van der Waals surface area contributed by atoms with Crippen molar-refractivity contribution >= 4 is 11.8 Å². The van der Waals surface area contributed by atoms with E-state index in [1.807, 2.05) is 17.8 Å². The number of hydrogen-bond acceptors (Lipinski definition) is 4. The molecule has 116 valence electrons. The van der Waals surface area contributed by atoms with Crippen LogP contribution in [0.4, 0.5) is 0 Å². The average Bonchev–Trinajstić information content (AvgIpc) is 2.55. The van der Waals surface area contributed by atoms with Gasteiger partial charge in [0.05, 0.1) is 0 Å². The highest BCUT2D eigenvalue weighted by atomic mass is 32.2. The third-order valence-electron chi connectivity index (χ3n) is 4.54. The van der Waals surface area contributed by atoms with E-state index in [2.05, 4.69) is 30.6 Å². The van der Waals surface area contributed by atoms with Crippen LogP contribution in [0.5, 0.6) is 11.5 Å². The monoisotopic (exact) mass is 307 g/mol. The van der Waals surface area contributed by atoms with Crippen molar-refractivity contribution in [2.45, 2.75) is 49.9 Å². The Hall–Kier alpha value is -0.870. The van der Waals surface area contributed by atoms with Gasteiger partial charge in [0.15, 0.2) is 11.5 Å². The maximum Gasteiger partial charge on any atom is 0.161 e. The number of rotatable bonds is 4. The summed E-state index contributed by atoms with van der Waals surface area (Å²) in [5.41, 5.74) is 1.28. The van der Waals surface area contributed by atoms with Gasteiger partial charge in [-0.3, -0.25) is 0 Å². The van der Waals surface area contributed by atoms with E-state index in [0.29, 0.717) is 25.3 Å². The first-order chi connectivity index (χ1) is 10.3. The summed E-state index contributed by atoms with van der Waals surface area (Å²) >= 11 is 2.01. The van der Waals surface area contributed by atoms with E-state index in [-0.39, 0.29) is 0 Å². The molecule has 21 heavy (non-hydrogen) atoms. The fraction of sp³-hybridized carbons (Fsp3) is 0.647. The molecule has 0 aromatic heterocycles. The second kappa shape index (κ2) is 6.93. The van der Waals surface area contributed by atoms with E-state index in [1.165, 1.54) is 31.2 Å². The van der Waals surface area contributed by atoms with Crippen molar-refractivity contribution in [3.8, 4) is 11.5 Å². The highest BCUT2D eigenvalue weighted by Crippen LogP contribution is 2.34. The van der Waals surface area contributed by atoms with Crippen LogP contribution in [0.3, 0.4) is 0 Å². The Morgan fingerprint density at radius 1 is 1.14 bits per heavy atom. The molecule has 3 atom stereocenters. The van der Waals surface area contributed by atoms with Crippen molar-refractivity contribution in [2.24, 2.45) is 0 Å². The predicted octanol–water partition coefficient (Wildman–Crippen LogP) is 3.78.